The zero-order valence-electron chi connectivity index (χ0n) is 33.4. The molecule has 7 atom stereocenters. The maximum atomic E-state index is 14.9. The highest BCUT2D eigenvalue weighted by Gasteiger charge is 2.63. The number of hydrogen-bond acceptors (Lipinski definition) is 9. The minimum absolute atomic E-state index is 0.0463. The number of nitrogens with zero attached hydrogens (tertiary/aromatic N) is 2. The fourth-order valence-electron chi connectivity index (χ4n) is 7.84. The number of alkyl halides is 3. The van der Waals surface area contributed by atoms with Crippen LogP contribution in [0.15, 0.2) is 36.5 Å². The summed E-state index contributed by atoms with van der Waals surface area (Å²) in [6, 6.07) is 0.991. The quantitative estimate of drug-likeness (QED) is 0.230. The third-order valence-corrected chi connectivity index (χ3v) is 14.6. The number of pyridine rings is 1. The third-order valence-electron chi connectivity index (χ3n) is 12.4. The largest absolute Gasteiger partial charge is 0.494 e. The van der Waals surface area contributed by atoms with Crippen molar-refractivity contribution in [2.24, 2.45) is 23.2 Å². The summed E-state index contributed by atoms with van der Waals surface area (Å²) in [7, 11) is -2.69. The molecule has 58 heavy (non-hydrogen) atoms. The standard InChI is InChI=1S/C40H51F4N5O8S/c1-7-23-16-22(2)10-8-9-11-24-19-39(24,36(53)48-58(54,55)38(5)14-15-38)47-32(50)29-18-26(57-33-28-17-25(41)12-13-27(28)30(56-6)20-45-33)21-49(29)34(51)31(23)46-35(52)37(3,4)40(42,43)44/h9,11-13,17,20,22-24,26,29,31H,7-8,10,14-16,18-19,21H2,1-6H3,(H,46,52)(H,47,50)(H,48,53)/b11-9-/t22-,23-,24-,26-,29+,31+,39-/m1/s1. The van der Waals surface area contributed by atoms with E-state index in [9.17, 15) is 45.2 Å². The van der Waals surface area contributed by atoms with Gasteiger partial charge in [-0.25, -0.2) is 17.8 Å². The molecule has 0 radical (unpaired) electrons. The second kappa shape index (κ2) is 15.6. The van der Waals surface area contributed by atoms with Crippen molar-refractivity contribution in [2.75, 3.05) is 13.7 Å². The molecular weight excluding hydrogens is 787 g/mol. The number of carbonyl (C=O) groups excluding carboxylic acids is 4. The number of aromatic nitrogens is 1. The lowest BCUT2D eigenvalue weighted by Crippen LogP contribution is -2.61. The molecule has 318 valence electrons. The fraction of sp³-hybridized carbons (Fsp3) is 0.625. The van der Waals surface area contributed by atoms with E-state index in [1.165, 1.54) is 38.4 Å². The van der Waals surface area contributed by atoms with Crippen LogP contribution < -0.4 is 24.8 Å². The Morgan fingerprint density at radius 1 is 1.12 bits per heavy atom. The zero-order chi connectivity index (χ0) is 42.6. The first kappa shape index (κ1) is 43.1. The van der Waals surface area contributed by atoms with Gasteiger partial charge in [-0.05, 0) is 89.3 Å². The van der Waals surface area contributed by atoms with Gasteiger partial charge in [0.15, 0.2) is 0 Å². The van der Waals surface area contributed by atoms with Crippen molar-refractivity contribution in [3.8, 4) is 11.6 Å². The Morgan fingerprint density at radius 3 is 2.47 bits per heavy atom. The number of allylic oxidation sites excluding steroid dienone is 1. The number of nitrogens with one attached hydrogen (secondary N) is 3. The molecule has 4 amide bonds. The first-order chi connectivity index (χ1) is 27.1. The predicted octanol–water partition coefficient (Wildman–Crippen LogP) is 5.08. The van der Waals surface area contributed by atoms with E-state index in [4.69, 9.17) is 9.47 Å². The molecule has 1 aromatic heterocycles. The molecule has 1 saturated heterocycles. The van der Waals surface area contributed by atoms with Gasteiger partial charge < -0.3 is 25.0 Å². The summed E-state index contributed by atoms with van der Waals surface area (Å²) >= 11 is 0. The maximum absolute atomic E-state index is 14.9. The van der Waals surface area contributed by atoms with Crippen LogP contribution >= 0.6 is 0 Å². The van der Waals surface area contributed by atoms with Crippen molar-refractivity contribution in [3.05, 3.63) is 42.4 Å². The van der Waals surface area contributed by atoms with E-state index in [1.54, 1.807) is 13.0 Å². The van der Waals surface area contributed by atoms with Crippen LogP contribution in [0.4, 0.5) is 17.6 Å². The number of carbonyl (C=O) groups is 4. The smallest absolute Gasteiger partial charge is 0.402 e. The highest BCUT2D eigenvalue weighted by molar-refractivity contribution is 7.91. The number of hydrogen-bond donors (Lipinski definition) is 3. The lowest BCUT2D eigenvalue weighted by atomic mass is 9.83. The molecule has 2 saturated carbocycles. The molecule has 3 heterocycles. The molecule has 13 nitrogen and oxygen atoms in total. The summed E-state index contributed by atoms with van der Waals surface area (Å²) < 4.78 is 96.0. The number of fused-ring (bicyclic) bond motifs is 3. The van der Waals surface area contributed by atoms with Gasteiger partial charge >= 0.3 is 6.18 Å². The second-order valence-corrected chi connectivity index (χ2v) is 19.2. The van der Waals surface area contributed by atoms with Gasteiger partial charge in [0.05, 0.1) is 30.0 Å². The van der Waals surface area contributed by atoms with E-state index in [0.717, 1.165) is 18.7 Å². The van der Waals surface area contributed by atoms with Gasteiger partial charge in [0, 0.05) is 17.7 Å². The van der Waals surface area contributed by atoms with Crippen LogP contribution in [0.25, 0.3) is 10.8 Å². The first-order valence-electron chi connectivity index (χ1n) is 19.6. The molecule has 6 rings (SSSR count). The van der Waals surface area contributed by atoms with Crippen LogP contribution in [0.5, 0.6) is 11.6 Å². The number of rotatable bonds is 9. The average molecular weight is 838 g/mol. The van der Waals surface area contributed by atoms with E-state index >= 15 is 0 Å². The number of halogens is 4. The summed E-state index contributed by atoms with van der Waals surface area (Å²) in [6.07, 6.45) is 1.35. The van der Waals surface area contributed by atoms with E-state index in [1.807, 2.05) is 13.0 Å². The van der Waals surface area contributed by atoms with Crippen molar-refractivity contribution in [3.63, 3.8) is 0 Å². The van der Waals surface area contributed by atoms with Crippen LogP contribution in [0.2, 0.25) is 0 Å². The average Bonchev–Trinajstić information content (AvgIpc) is 4.03. The van der Waals surface area contributed by atoms with Crippen LogP contribution in [0, 0.1) is 29.0 Å². The molecule has 0 spiro atoms. The lowest BCUT2D eigenvalue weighted by molar-refractivity contribution is -0.212. The number of benzene rings is 1. The van der Waals surface area contributed by atoms with Gasteiger partial charge in [-0.1, -0.05) is 32.4 Å². The van der Waals surface area contributed by atoms with E-state index < -0.39 is 91.4 Å². The summed E-state index contributed by atoms with van der Waals surface area (Å²) in [4.78, 5) is 62.2. The topological polar surface area (TPSA) is 173 Å². The molecule has 1 aromatic carbocycles. The van der Waals surface area contributed by atoms with Gasteiger partial charge in [-0.3, -0.25) is 23.9 Å². The van der Waals surface area contributed by atoms with E-state index in [2.05, 4.69) is 20.3 Å². The zero-order valence-corrected chi connectivity index (χ0v) is 34.2. The Hall–Kier alpha value is -4.48. The van der Waals surface area contributed by atoms with Crippen LogP contribution in [0.1, 0.15) is 86.0 Å². The number of amides is 4. The van der Waals surface area contributed by atoms with Crippen molar-refractivity contribution in [2.45, 2.75) is 121 Å². The Bertz CT molecular complexity index is 2110. The van der Waals surface area contributed by atoms with Crippen molar-refractivity contribution < 1.29 is 54.6 Å². The van der Waals surface area contributed by atoms with E-state index in [-0.39, 0.29) is 36.6 Å². The van der Waals surface area contributed by atoms with Gasteiger partial charge in [0.2, 0.25) is 33.6 Å². The Morgan fingerprint density at radius 2 is 1.83 bits per heavy atom. The third kappa shape index (κ3) is 8.21. The molecule has 0 unspecified atom stereocenters. The van der Waals surface area contributed by atoms with Gasteiger partial charge in [0.1, 0.15) is 40.7 Å². The molecule has 4 aliphatic rings. The number of methoxy groups -OCH3 is 1. The Kier molecular flexibility index (Phi) is 11.6. The summed E-state index contributed by atoms with van der Waals surface area (Å²) in [5.74, 6) is -5.64. The number of sulfonamides is 1. The SMILES string of the molecule is CC[C@@H]1C[C@H](C)CC/C=C\[C@@H]2C[C@@]2(C(=O)NS(=O)(=O)C2(C)CC2)NC(=O)[C@@H]2C[C@@H](Oc3ncc(OC)c4ccc(F)cc34)CN2C(=O)[C@H]1NC(=O)C(C)(C)C(F)(F)F. The molecule has 0 bridgehead atoms. The molecule has 2 aliphatic carbocycles. The normalized spacial score (nSPS) is 29.5. The fourth-order valence-corrected chi connectivity index (χ4v) is 9.16. The van der Waals surface area contributed by atoms with Crippen molar-refractivity contribution >= 4 is 44.4 Å². The second-order valence-electron chi connectivity index (χ2n) is 17.0. The molecule has 3 N–H and O–H groups in total. The molecule has 2 aliphatic heterocycles. The number of ether oxygens (including phenoxy) is 2. The molecule has 18 heteroatoms. The molecule has 2 aromatic rings. The Balaban J connectivity index is 1.40. The van der Waals surface area contributed by atoms with Crippen LogP contribution in [-0.4, -0.2) is 90.2 Å². The van der Waals surface area contributed by atoms with Crippen molar-refractivity contribution in [1.29, 1.82) is 0 Å². The predicted molar refractivity (Wildman–Crippen MR) is 204 cm³/mol. The molecule has 3 fully saturated rings. The Labute approximate surface area is 335 Å². The summed E-state index contributed by atoms with van der Waals surface area (Å²) in [6.45, 7) is 6.35. The minimum atomic E-state index is -4.95. The van der Waals surface area contributed by atoms with E-state index in [0.29, 0.717) is 49.7 Å². The van der Waals surface area contributed by atoms with Gasteiger partial charge in [-0.15, -0.1) is 0 Å². The first-order valence-corrected chi connectivity index (χ1v) is 21.1. The highest BCUT2D eigenvalue weighted by atomic mass is 32.2. The minimum Gasteiger partial charge on any atom is -0.494 e. The summed E-state index contributed by atoms with van der Waals surface area (Å²) in [5, 5.41) is 5.87. The van der Waals surface area contributed by atoms with Crippen LogP contribution in [-0.2, 0) is 29.2 Å². The van der Waals surface area contributed by atoms with Crippen LogP contribution in [0.3, 0.4) is 0 Å². The van der Waals surface area contributed by atoms with Gasteiger partial charge in [0.25, 0.3) is 5.91 Å². The van der Waals surface area contributed by atoms with Crippen molar-refractivity contribution in [1.82, 2.24) is 25.2 Å². The highest BCUT2D eigenvalue weighted by Crippen LogP contribution is 2.48. The summed E-state index contributed by atoms with van der Waals surface area (Å²) in [5.41, 5.74) is -4.56. The maximum Gasteiger partial charge on any atom is 0.402 e. The lowest BCUT2D eigenvalue weighted by Gasteiger charge is -2.36. The molecular formula is C40H51F4N5O8S. The monoisotopic (exact) mass is 837 g/mol. The van der Waals surface area contributed by atoms with Gasteiger partial charge in [-0.2, -0.15) is 13.2 Å².